The Morgan fingerprint density at radius 1 is 0.978 bits per heavy atom. The molecule has 4 aromatic rings. The minimum Gasteiger partial charge on any atom is -0.493 e. The molecule has 15 heteroatoms. The minimum absolute atomic E-state index is 0.130. The molecule has 0 saturated heterocycles. The van der Waals surface area contributed by atoms with Crippen LogP contribution in [0.25, 0.3) is 11.0 Å². The number of ether oxygens (including phenoxy) is 5. The van der Waals surface area contributed by atoms with Crippen LogP contribution in [-0.2, 0) is 16.1 Å². The van der Waals surface area contributed by atoms with E-state index in [1.165, 1.54) is 21.3 Å². The van der Waals surface area contributed by atoms with E-state index in [1.807, 2.05) is 13.2 Å². The van der Waals surface area contributed by atoms with Gasteiger partial charge in [0.25, 0.3) is 5.91 Å². The van der Waals surface area contributed by atoms with Crippen LogP contribution in [0.15, 0.2) is 42.9 Å². The number of benzene rings is 2. The van der Waals surface area contributed by atoms with Crippen LogP contribution in [0.2, 0.25) is 0 Å². The summed E-state index contributed by atoms with van der Waals surface area (Å²) in [4.78, 5) is 37.2. The van der Waals surface area contributed by atoms with Crippen LogP contribution in [-0.4, -0.2) is 93.6 Å². The second-order valence-corrected chi connectivity index (χ2v) is 10.2. The summed E-state index contributed by atoms with van der Waals surface area (Å²) in [6, 6.07) is 8.08. The predicted octanol–water partition coefficient (Wildman–Crippen LogP) is 2.67. The quantitative estimate of drug-likeness (QED) is 0.101. The van der Waals surface area contributed by atoms with E-state index in [0.29, 0.717) is 41.0 Å². The van der Waals surface area contributed by atoms with E-state index in [-0.39, 0.29) is 11.5 Å². The first-order valence-corrected chi connectivity index (χ1v) is 14.4. The Kier molecular flexibility index (Phi) is 11.8. The van der Waals surface area contributed by atoms with E-state index in [1.54, 1.807) is 36.7 Å². The highest BCUT2D eigenvalue weighted by molar-refractivity contribution is 5.93. The Hall–Kier alpha value is -5.28. The molecule has 0 spiro atoms. The van der Waals surface area contributed by atoms with Crippen molar-refractivity contribution in [2.75, 3.05) is 72.4 Å². The molecule has 6 N–H and O–H groups in total. The van der Waals surface area contributed by atoms with Gasteiger partial charge < -0.3 is 49.6 Å². The summed E-state index contributed by atoms with van der Waals surface area (Å²) in [6.07, 6.45) is 4.54. The molecular formula is C31H40N7O8+. The van der Waals surface area contributed by atoms with Crippen LogP contribution >= 0.6 is 0 Å². The van der Waals surface area contributed by atoms with Gasteiger partial charge in [-0.15, -0.1) is 0 Å². The number of methoxy groups -OCH3 is 3. The lowest BCUT2D eigenvalue weighted by Gasteiger charge is -2.16. The maximum Gasteiger partial charge on any atom is 0.341 e. The molecule has 4 rings (SSSR count). The van der Waals surface area contributed by atoms with Gasteiger partial charge >= 0.3 is 5.97 Å². The van der Waals surface area contributed by atoms with Crippen LogP contribution in [0.1, 0.15) is 12.0 Å². The number of nitrogens with zero attached hydrogens (tertiary/aromatic N) is 2. The largest absolute Gasteiger partial charge is 0.493 e. The first kappa shape index (κ1) is 33.6. The number of carbonyl (C=O) groups excluding carboxylic acids is 1. The number of aliphatic carboxylic acids is 1. The summed E-state index contributed by atoms with van der Waals surface area (Å²) in [5, 5.41) is 19.3. The van der Waals surface area contributed by atoms with E-state index in [2.05, 4.69) is 42.8 Å². The van der Waals surface area contributed by atoms with Gasteiger partial charge in [0.1, 0.15) is 5.39 Å². The number of H-pyrrole nitrogens is 2. The zero-order valence-electron chi connectivity index (χ0n) is 26.5. The summed E-state index contributed by atoms with van der Waals surface area (Å²) >= 11 is 0. The third-order valence-corrected chi connectivity index (χ3v) is 6.87. The third-order valence-electron chi connectivity index (χ3n) is 6.87. The molecule has 2 aromatic carbocycles. The molecule has 0 aliphatic carbocycles. The van der Waals surface area contributed by atoms with Gasteiger partial charge in [-0.2, -0.15) is 0 Å². The molecule has 0 aliphatic rings. The number of amides is 1. The van der Waals surface area contributed by atoms with Crippen molar-refractivity contribution in [3.63, 3.8) is 0 Å². The number of aromatic amines is 2. The van der Waals surface area contributed by atoms with Crippen molar-refractivity contribution in [3.05, 3.63) is 48.4 Å². The Morgan fingerprint density at radius 3 is 2.37 bits per heavy atom. The molecule has 1 amide bonds. The topological polar surface area (TPSA) is 183 Å². The van der Waals surface area contributed by atoms with Crippen molar-refractivity contribution in [1.82, 2.24) is 20.2 Å². The van der Waals surface area contributed by atoms with Gasteiger partial charge in [-0.3, -0.25) is 9.78 Å². The minimum atomic E-state index is -1.16. The zero-order valence-corrected chi connectivity index (χ0v) is 26.5. The van der Waals surface area contributed by atoms with E-state index >= 15 is 0 Å². The molecule has 0 bridgehead atoms. The summed E-state index contributed by atoms with van der Waals surface area (Å²) < 4.78 is 27.3. The van der Waals surface area contributed by atoms with Gasteiger partial charge in [0, 0.05) is 41.7 Å². The molecule has 0 aliphatic heterocycles. The smallest absolute Gasteiger partial charge is 0.341 e. The van der Waals surface area contributed by atoms with Crippen LogP contribution < -0.4 is 44.6 Å². The summed E-state index contributed by atoms with van der Waals surface area (Å²) in [5.74, 6) is 0.385. The molecular weight excluding hydrogens is 598 g/mol. The molecule has 2 heterocycles. The Labute approximate surface area is 266 Å². The highest BCUT2D eigenvalue weighted by atomic mass is 16.5. The number of carboxylic acids is 1. The van der Waals surface area contributed by atoms with Crippen LogP contribution in [0.5, 0.6) is 28.7 Å². The fraction of sp³-hybridized carbons (Fsp3) is 0.355. The van der Waals surface area contributed by atoms with Gasteiger partial charge in [0.2, 0.25) is 23.5 Å². The predicted molar refractivity (Wildman–Crippen MR) is 171 cm³/mol. The van der Waals surface area contributed by atoms with Gasteiger partial charge in [-0.25, -0.2) is 9.78 Å². The Morgan fingerprint density at radius 2 is 1.70 bits per heavy atom. The summed E-state index contributed by atoms with van der Waals surface area (Å²) in [7, 11) is 8.44. The van der Waals surface area contributed by atoms with Crippen molar-refractivity contribution < 1.29 is 43.4 Å². The van der Waals surface area contributed by atoms with Crippen molar-refractivity contribution in [3.8, 4) is 28.7 Å². The number of hydrogen-bond acceptors (Lipinski definition) is 11. The second-order valence-electron chi connectivity index (χ2n) is 10.2. The fourth-order valence-electron chi connectivity index (χ4n) is 4.78. The lowest BCUT2D eigenvalue weighted by molar-refractivity contribution is -0.352. The van der Waals surface area contributed by atoms with E-state index < -0.39 is 25.1 Å². The maximum atomic E-state index is 12.8. The number of anilines is 3. The molecule has 15 nitrogen and oxygen atoms in total. The molecule has 2 aromatic heterocycles. The van der Waals surface area contributed by atoms with Crippen molar-refractivity contribution >= 4 is 40.1 Å². The Balaban J connectivity index is 1.50. The molecule has 0 unspecified atom stereocenters. The number of nitrogens with one attached hydrogen (secondary N) is 5. The maximum absolute atomic E-state index is 12.8. The van der Waals surface area contributed by atoms with Crippen LogP contribution in [0.3, 0.4) is 0 Å². The molecule has 0 radical (unpaired) electrons. The summed E-state index contributed by atoms with van der Waals surface area (Å²) in [5.41, 5.74) is 2.83. The van der Waals surface area contributed by atoms with Gasteiger partial charge in [-0.1, -0.05) is 4.98 Å². The third kappa shape index (κ3) is 8.67. The number of aromatic nitrogens is 3. The van der Waals surface area contributed by atoms with Crippen molar-refractivity contribution in [2.45, 2.75) is 13.0 Å². The fourth-order valence-corrected chi connectivity index (χ4v) is 4.78. The highest BCUT2D eigenvalue weighted by Crippen LogP contribution is 2.40. The molecule has 246 valence electrons. The Bertz CT molecular complexity index is 1620. The monoisotopic (exact) mass is 638 g/mol. The number of carbonyl (C=O) groups is 2. The average Bonchev–Trinajstić information content (AvgIpc) is 3.46. The second kappa shape index (κ2) is 16.2. The van der Waals surface area contributed by atoms with E-state index in [9.17, 15) is 14.7 Å². The van der Waals surface area contributed by atoms with Crippen molar-refractivity contribution in [2.24, 2.45) is 0 Å². The lowest BCUT2D eigenvalue weighted by atomic mass is 10.2. The molecule has 0 fully saturated rings. The highest BCUT2D eigenvalue weighted by Gasteiger charge is 2.19. The number of carboxylic acid groups (broad SMARTS) is 1. The van der Waals surface area contributed by atoms with Gasteiger partial charge in [0.15, 0.2) is 36.2 Å². The number of rotatable bonds is 18. The van der Waals surface area contributed by atoms with Crippen LogP contribution in [0, 0.1) is 0 Å². The lowest BCUT2D eigenvalue weighted by Crippen LogP contribution is -2.22. The van der Waals surface area contributed by atoms with Crippen LogP contribution in [0.4, 0.5) is 17.2 Å². The number of fused-ring (bicyclic) bond motifs is 1. The van der Waals surface area contributed by atoms with Crippen molar-refractivity contribution in [1.29, 1.82) is 0 Å². The van der Waals surface area contributed by atoms with Gasteiger partial charge in [-0.05, 0) is 45.7 Å². The molecule has 0 atom stereocenters. The average molecular weight is 639 g/mol. The van der Waals surface area contributed by atoms with E-state index in [0.717, 1.165) is 36.1 Å². The normalized spacial score (nSPS) is 10.9. The molecule has 0 saturated carbocycles. The first-order chi connectivity index (χ1) is 22.3. The standard InChI is InChI=1S/C31H39N7O8/c1-32-9-6-10-38(2)15-19-14-33-30-28(19)31(35-18-34-30)37-20-7-8-22(23(11-20)46-17-27(40)41)45-16-26(39)36-21-12-24(42-3)29(44-5)25(13-21)43-4/h7-8,11-14,18,32H,6,9-10,15-17H2,1-5H3,(H,36,39)(H,40,41)(H2,33,34,35,37)/p+1. The van der Waals surface area contributed by atoms with E-state index in [4.69, 9.17) is 23.7 Å². The summed E-state index contributed by atoms with van der Waals surface area (Å²) in [6.45, 7) is 1.56. The SMILES string of the molecule is CNCCCN(C)Cc1c[nH]c2[nH+]cnc(Nc3ccc(OCC(=O)Nc4cc(OC)c(OC)c(OC)c4)c(OCC(=O)O)c3)c12. The zero-order chi connectivity index (χ0) is 33.1. The number of hydrogen-bond donors (Lipinski definition) is 5. The molecule has 46 heavy (non-hydrogen) atoms. The first-order valence-electron chi connectivity index (χ1n) is 14.4. The van der Waals surface area contributed by atoms with Gasteiger partial charge in [0.05, 0.1) is 27.5 Å².